The van der Waals surface area contributed by atoms with Gasteiger partial charge in [-0.25, -0.2) is 0 Å². The van der Waals surface area contributed by atoms with Crippen LogP contribution in [0.5, 0.6) is 0 Å². The molecule has 0 bridgehead atoms. The van der Waals surface area contributed by atoms with E-state index in [2.05, 4.69) is 34.3 Å². The van der Waals surface area contributed by atoms with Crippen LogP contribution in [0.2, 0.25) is 6.32 Å². The molecular weight excluding hydrogens is 127 g/mol. The molecule has 0 aromatic heterocycles. The highest BCUT2D eigenvalue weighted by Crippen LogP contribution is 2.23. The van der Waals surface area contributed by atoms with E-state index in [1.54, 1.807) is 0 Å². The van der Waals surface area contributed by atoms with Crippen LogP contribution in [0.4, 0.5) is 0 Å². The third-order valence-corrected chi connectivity index (χ3v) is 2.37. The second-order valence-electron chi connectivity index (χ2n) is 2.95. The normalized spacial score (nSPS) is 17.2. The Bertz CT molecular complexity index is 71.3. The minimum atomic E-state index is 0.288. The summed E-state index contributed by atoms with van der Waals surface area (Å²) in [6.07, 6.45) is 5.03. The van der Waals surface area contributed by atoms with E-state index in [0.29, 0.717) is 0 Å². The molecule has 0 aromatic rings. The van der Waals surface area contributed by atoms with E-state index in [0.717, 1.165) is 0 Å². The SMILES string of the molecule is BCC(C)(S)CCCC. The molecule has 0 saturated carbocycles. The minimum Gasteiger partial charge on any atom is -0.174 e. The van der Waals surface area contributed by atoms with Crippen molar-refractivity contribution < 1.29 is 0 Å². The summed E-state index contributed by atoms with van der Waals surface area (Å²) in [5.74, 6) is 0. The Morgan fingerprint density at radius 2 is 2.11 bits per heavy atom. The predicted molar refractivity (Wildman–Crippen MR) is 50.3 cm³/mol. The van der Waals surface area contributed by atoms with E-state index < -0.39 is 0 Å². The lowest BCUT2D eigenvalue weighted by atomic mass is 9.88. The van der Waals surface area contributed by atoms with Crippen LogP contribution in [-0.4, -0.2) is 12.6 Å². The monoisotopic (exact) mass is 144 g/mol. The molecule has 0 rings (SSSR count). The molecule has 9 heavy (non-hydrogen) atoms. The van der Waals surface area contributed by atoms with Crippen molar-refractivity contribution >= 4 is 20.5 Å². The molecule has 0 fully saturated rings. The van der Waals surface area contributed by atoms with Crippen LogP contribution in [0.1, 0.15) is 33.1 Å². The average Bonchev–Trinajstić information content (AvgIpc) is 1.84. The van der Waals surface area contributed by atoms with Crippen LogP contribution in [-0.2, 0) is 0 Å². The maximum atomic E-state index is 4.52. The van der Waals surface area contributed by atoms with Gasteiger partial charge >= 0.3 is 0 Å². The molecule has 0 N–H and O–H groups in total. The van der Waals surface area contributed by atoms with Crippen molar-refractivity contribution in [1.82, 2.24) is 0 Å². The summed E-state index contributed by atoms with van der Waals surface area (Å²) >= 11 is 4.52. The van der Waals surface area contributed by atoms with Crippen molar-refractivity contribution in [2.75, 3.05) is 0 Å². The molecule has 0 amide bonds. The van der Waals surface area contributed by atoms with Gasteiger partial charge in [-0.05, 0) is 6.42 Å². The second-order valence-corrected chi connectivity index (χ2v) is 4.03. The lowest BCUT2D eigenvalue weighted by Gasteiger charge is -2.20. The van der Waals surface area contributed by atoms with Crippen LogP contribution in [0.3, 0.4) is 0 Å². The van der Waals surface area contributed by atoms with E-state index in [9.17, 15) is 0 Å². The quantitative estimate of drug-likeness (QED) is 0.452. The molecule has 0 aliphatic heterocycles. The largest absolute Gasteiger partial charge is 0.174 e. The zero-order chi connectivity index (χ0) is 7.33. The van der Waals surface area contributed by atoms with E-state index >= 15 is 0 Å². The highest BCUT2D eigenvalue weighted by molar-refractivity contribution is 7.81. The third kappa shape index (κ3) is 4.89. The van der Waals surface area contributed by atoms with Crippen molar-refractivity contribution in [3.8, 4) is 0 Å². The summed E-state index contributed by atoms with van der Waals surface area (Å²) in [6, 6.07) is 0. The molecule has 1 atom stereocenters. The Labute approximate surface area is 65.2 Å². The summed E-state index contributed by atoms with van der Waals surface area (Å²) in [4.78, 5) is 0. The van der Waals surface area contributed by atoms with E-state index in [1.807, 2.05) is 0 Å². The Morgan fingerprint density at radius 3 is 2.44 bits per heavy atom. The average molecular weight is 144 g/mol. The van der Waals surface area contributed by atoms with Gasteiger partial charge in [0, 0.05) is 4.75 Å². The first-order valence-electron chi connectivity index (χ1n) is 3.84. The first-order valence-corrected chi connectivity index (χ1v) is 4.29. The van der Waals surface area contributed by atoms with Gasteiger partial charge in [0.15, 0.2) is 0 Å². The maximum absolute atomic E-state index is 4.52. The fourth-order valence-corrected chi connectivity index (χ4v) is 0.893. The lowest BCUT2D eigenvalue weighted by molar-refractivity contribution is 0.597. The van der Waals surface area contributed by atoms with Gasteiger partial charge in [-0.3, -0.25) is 0 Å². The minimum absolute atomic E-state index is 0.288. The molecule has 0 saturated heterocycles. The predicted octanol–water partition coefficient (Wildman–Crippen LogP) is 1.92. The van der Waals surface area contributed by atoms with Gasteiger partial charge in [-0.15, -0.1) is 0 Å². The van der Waals surface area contributed by atoms with Gasteiger partial charge in [-0.2, -0.15) is 12.6 Å². The summed E-state index contributed by atoms with van der Waals surface area (Å²) in [5.41, 5.74) is 0. The molecule has 0 nitrogen and oxygen atoms in total. The van der Waals surface area contributed by atoms with Crippen molar-refractivity contribution in [3.63, 3.8) is 0 Å². The Hall–Kier alpha value is 0.415. The molecule has 0 aromatic carbocycles. The fourth-order valence-electron chi connectivity index (χ4n) is 0.734. The van der Waals surface area contributed by atoms with Crippen molar-refractivity contribution in [2.24, 2.45) is 0 Å². The standard InChI is InChI=1S/C7H17BS/c1-3-4-5-7(2,9)6-8/h9H,3-6,8H2,1-2H3. The van der Waals surface area contributed by atoms with Gasteiger partial charge in [0.25, 0.3) is 0 Å². The fraction of sp³-hybridized carbons (Fsp3) is 1.00. The number of hydrogen-bond donors (Lipinski definition) is 1. The Kier molecular flexibility index (Phi) is 4.46. The molecule has 0 radical (unpaired) electrons. The maximum Gasteiger partial charge on any atom is 0.103 e. The molecule has 2 heteroatoms. The van der Waals surface area contributed by atoms with Crippen molar-refractivity contribution in [1.29, 1.82) is 0 Å². The van der Waals surface area contributed by atoms with Crippen LogP contribution >= 0.6 is 12.6 Å². The van der Waals surface area contributed by atoms with Crippen molar-refractivity contribution in [3.05, 3.63) is 0 Å². The molecule has 0 spiro atoms. The summed E-state index contributed by atoms with van der Waals surface area (Å²) in [6.45, 7) is 4.44. The second kappa shape index (κ2) is 4.27. The molecular formula is C7H17BS. The van der Waals surface area contributed by atoms with Gasteiger partial charge < -0.3 is 0 Å². The van der Waals surface area contributed by atoms with E-state index in [4.69, 9.17) is 0 Å². The molecule has 0 aliphatic carbocycles. The zero-order valence-corrected chi connectivity index (χ0v) is 7.67. The Balaban J connectivity index is 3.33. The van der Waals surface area contributed by atoms with Crippen LogP contribution in [0.15, 0.2) is 0 Å². The number of thiol groups is 1. The molecule has 1 unspecified atom stereocenters. The van der Waals surface area contributed by atoms with Crippen LogP contribution in [0.25, 0.3) is 0 Å². The smallest absolute Gasteiger partial charge is 0.103 e. The van der Waals surface area contributed by atoms with E-state index in [-0.39, 0.29) is 4.75 Å². The number of hydrogen-bond acceptors (Lipinski definition) is 1. The zero-order valence-electron chi connectivity index (χ0n) is 6.78. The van der Waals surface area contributed by atoms with Gasteiger partial charge in [0.2, 0.25) is 0 Å². The first kappa shape index (κ1) is 9.41. The highest BCUT2D eigenvalue weighted by Gasteiger charge is 2.13. The molecule has 0 aliphatic rings. The summed E-state index contributed by atoms with van der Waals surface area (Å²) in [5, 5.41) is 0. The van der Waals surface area contributed by atoms with E-state index in [1.165, 1.54) is 25.6 Å². The van der Waals surface area contributed by atoms with Crippen LogP contribution < -0.4 is 0 Å². The third-order valence-electron chi connectivity index (χ3n) is 1.83. The number of rotatable bonds is 4. The first-order chi connectivity index (χ1) is 4.12. The topological polar surface area (TPSA) is 0 Å². The lowest BCUT2D eigenvalue weighted by Crippen LogP contribution is -2.14. The van der Waals surface area contributed by atoms with Crippen LogP contribution in [0, 0.1) is 0 Å². The summed E-state index contributed by atoms with van der Waals surface area (Å²) in [7, 11) is 2.20. The van der Waals surface area contributed by atoms with Crippen molar-refractivity contribution in [2.45, 2.75) is 44.2 Å². The van der Waals surface area contributed by atoms with Gasteiger partial charge in [0.1, 0.15) is 7.85 Å². The Morgan fingerprint density at radius 1 is 1.56 bits per heavy atom. The molecule has 54 valence electrons. The van der Waals surface area contributed by atoms with Gasteiger partial charge in [0.05, 0.1) is 0 Å². The summed E-state index contributed by atoms with van der Waals surface area (Å²) < 4.78 is 0.288. The molecule has 0 heterocycles. The highest BCUT2D eigenvalue weighted by atomic mass is 32.1. The van der Waals surface area contributed by atoms with Gasteiger partial charge in [-0.1, -0.05) is 33.0 Å². The number of unbranched alkanes of at least 4 members (excludes halogenated alkanes) is 1.